The van der Waals surface area contributed by atoms with E-state index in [4.69, 9.17) is 4.74 Å². The summed E-state index contributed by atoms with van der Waals surface area (Å²) in [4.78, 5) is 17.2. The second kappa shape index (κ2) is 8.79. The van der Waals surface area contributed by atoms with Crippen LogP contribution in [-0.4, -0.2) is 23.6 Å². The predicted molar refractivity (Wildman–Crippen MR) is 121 cm³/mol. The minimum atomic E-state index is -0.441. The van der Waals surface area contributed by atoms with Crippen LogP contribution >= 0.6 is 0 Å². The van der Waals surface area contributed by atoms with Crippen LogP contribution in [0.2, 0.25) is 0 Å². The maximum Gasteiger partial charge on any atom is 0.336 e. The Morgan fingerprint density at radius 2 is 1.87 bits per heavy atom. The van der Waals surface area contributed by atoms with Crippen molar-refractivity contribution in [2.45, 2.75) is 20.3 Å². The number of carbonyl (C=O) groups is 1. The molecule has 7 nitrogen and oxygen atoms in total. The summed E-state index contributed by atoms with van der Waals surface area (Å²) in [7, 11) is 0. The molecule has 156 valence electrons. The lowest BCUT2D eigenvalue weighted by Gasteiger charge is -2.14. The lowest BCUT2D eigenvalue weighted by Crippen LogP contribution is -2.12. The van der Waals surface area contributed by atoms with Gasteiger partial charge < -0.3 is 15.2 Å². The van der Waals surface area contributed by atoms with E-state index >= 15 is 0 Å². The van der Waals surface area contributed by atoms with E-state index in [1.54, 1.807) is 18.2 Å². The molecule has 7 heteroatoms. The molecule has 2 N–H and O–H groups in total. The molecule has 3 aromatic carbocycles. The van der Waals surface area contributed by atoms with Crippen molar-refractivity contribution >= 4 is 34.1 Å². The third-order valence-electron chi connectivity index (χ3n) is 5.08. The van der Waals surface area contributed by atoms with Gasteiger partial charge in [-0.1, -0.05) is 54.5 Å². The van der Waals surface area contributed by atoms with E-state index in [0.29, 0.717) is 17.7 Å². The molecule has 0 aromatic heterocycles. The van der Waals surface area contributed by atoms with E-state index in [1.807, 2.05) is 56.3 Å². The van der Waals surface area contributed by atoms with Gasteiger partial charge in [0.2, 0.25) is 0 Å². The van der Waals surface area contributed by atoms with Gasteiger partial charge in [-0.25, -0.2) is 0 Å². The van der Waals surface area contributed by atoms with Gasteiger partial charge in [0.15, 0.2) is 5.75 Å². The van der Waals surface area contributed by atoms with Crippen LogP contribution in [0.25, 0.3) is 10.8 Å². The number of nitrogens with one attached hydrogen (secondary N) is 1. The normalized spacial score (nSPS) is 13.9. The molecular formula is C24H22N4O3. The highest BCUT2D eigenvalue weighted by Crippen LogP contribution is 2.39. The molecule has 0 saturated heterocycles. The fourth-order valence-corrected chi connectivity index (χ4v) is 3.32. The molecule has 0 spiro atoms. The first-order valence-corrected chi connectivity index (χ1v) is 9.99. The van der Waals surface area contributed by atoms with Crippen LogP contribution in [0.3, 0.4) is 0 Å². The molecule has 0 bridgehead atoms. The number of nitrogens with zero attached hydrogens (tertiary/aromatic N) is 3. The zero-order chi connectivity index (χ0) is 21.8. The predicted octanol–water partition coefficient (Wildman–Crippen LogP) is 5.95. The van der Waals surface area contributed by atoms with Crippen LogP contribution in [0, 0.1) is 0 Å². The highest BCUT2D eigenvalue weighted by atomic mass is 16.5. The number of amidine groups is 1. The molecule has 0 saturated carbocycles. The first kappa shape index (κ1) is 20.3. The first-order chi connectivity index (χ1) is 15.1. The number of fused-ring (bicyclic) bond motifs is 1. The number of benzene rings is 3. The van der Waals surface area contributed by atoms with Crippen molar-refractivity contribution in [1.82, 2.24) is 0 Å². The maximum absolute atomic E-state index is 12.9. The monoisotopic (exact) mass is 414 g/mol. The third kappa shape index (κ3) is 4.30. The number of azo groups is 1. The molecule has 1 aliphatic heterocycles. The lowest BCUT2D eigenvalue weighted by molar-refractivity contribution is 0.102. The highest BCUT2D eigenvalue weighted by molar-refractivity contribution is 6.11. The van der Waals surface area contributed by atoms with E-state index in [2.05, 4.69) is 20.5 Å². The number of allylic oxidation sites excluding steroid dienone is 1. The maximum atomic E-state index is 12.9. The standard InChI is InChI=1S/C24H22N4O3/c1-3-16-14-31-24(25-15(16)2)28-27-21-19-12-8-7-9-17(19)13-20(22(21)29)23(30)26-18-10-5-4-6-11-18/h4-13,29H,3,14H2,1-2H3,(H,26,30). The molecule has 1 aliphatic rings. The Morgan fingerprint density at radius 1 is 1.13 bits per heavy atom. The minimum absolute atomic E-state index is 0.104. The van der Waals surface area contributed by atoms with Gasteiger partial charge in [0.1, 0.15) is 12.3 Å². The van der Waals surface area contributed by atoms with E-state index in [-0.39, 0.29) is 23.0 Å². The Bertz CT molecular complexity index is 1230. The molecule has 31 heavy (non-hydrogen) atoms. The largest absolute Gasteiger partial charge is 0.505 e. The van der Waals surface area contributed by atoms with E-state index in [1.165, 1.54) is 0 Å². The lowest BCUT2D eigenvalue weighted by atomic mass is 10.0. The molecule has 0 unspecified atom stereocenters. The van der Waals surface area contributed by atoms with Crippen molar-refractivity contribution < 1.29 is 14.6 Å². The van der Waals surface area contributed by atoms with Crippen molar-refractivity contribution in [3.05, 3.63) is 77.5 Å². The fourth-order valence-electron chi connectivity index (χ4n) is 3.32. The number of rotatable bonds is 4. The Morgan fingerprint density at radius 3 is 2.61 bits per heavy atom. The summed E-state index contributed by atoms with van der Waals surface area (Å²) in [6.45, 7) is 4.35. The van der Waals surface area contributed by atoms with Gasteiger partial charge in [0, 0.05) is 16.8 Å². The van der Waals surface area contributed by atoms with Gasteiger partial charge in [-0.05, 0) is 42.5 Å². The van der Waals surface area contributed by atoms with Gasteiger partial charge in [-0.2, -0.15) is 4.99 Å². The fraction of sp³-hybridized carbons (Fsp3) is 0.167. The Balaban J connectivity index is 1.74. The van der Waals surface area contributed by atoms with E-state index in [0.717, 1.165) is 23.1 Å². The van der Waals surface area contributed by atoms with Crippen molar-refractivity contribution in [2.75, 3.05) is 11.9 Å². The smallest absolute Gasteiger partial charge is 0.336 e. The zero-order valence-electron chi connectivity index (χ0n) is 17.3. The summed E-state index contributed by atoms with van der Waals surface area (Å²) in [6, 6.07) is 18.2. The Kier molecular flexibility index (Phi) is 5.75. The summed E-state index contributed by atoms with van der Waals surface area (Å²) >= 11 is 0. The molecule has 0 radical (unpaired) electrons. The molecule has 0 aliphatic carbocycles. The first-order valence-electron chi connectivity index (χ1n) is 9.99. The average molecular weight is 414 g/mol. The Hall–Kier alpha value is -4.00. The number of para-hydroxylation sites is 1. The van der Waals surface area contributed by atoms with Gasteiger partial charge in [0.25, 0.3) is 5.91 Å². The number of ether oxygens (including phenoxy) is 1. The average Bonchev–Trinajstić information content (AvgIpc) is 2.79. The number of phenols is 1. The highest BCUT2D eigenvalue weighted by Gasteiger charge is 2.19. The SMILES string of the molecule is CCC1=C(C)N=C(N=Nc2c(O)c(C(=O)Nc3ccccc3)cc3ccccc23)OC1. The molecule has 3 aromatic rings. The molecule has 0 fully saturated rings. The van der Waals surface area contributed by atoms with E-state index in [9.17, 15) is 9.90 Å². The van der Waals surface area contributed by atoms with Gasteiger partial charge in [-0.3, -0.25) is 4.79 Å². The van der Waals surface area contributed by atoms with Crippen molar-refractivity contribution in [1.29, 1.82) is 0 Å². The zero-order valence-corrected chi connectivity index (χ0v) is 17.3. The van der Waals surface area contributed by atoms with Crippen LogP contribution in [0.5, 0.6) is 5.75 Å². The van der Waals surface area contributed by atoms with Crippen LogP contribution in [0.4, 0.5) is 11.4 Å². The van der Waals surface area contributed by atoms with Crippen molar-refractivity contribution in [2.24, 2.45) is 15.2 Å². The number of hydrogen-bond donors (Lipinski definition) is 2. The second-order valence-corrected chi connectivity index (χ2v) is 7.09. The minimum Gasteiger partial charge on any atom is -0.505 e. The van der Waals surface area contributed by atoms with Gasteiger partial charge in [0.05, 0.1) is 5.56 Å². The summed E-state index contributed by atoms with van der Waals surface area (Å²) < 4.78 is 5.55. The number of amides is 1. The second-order valence-electron chi connectivity index (χ2n) is 7.09. The quantitative estimate of drug-likeness (QED) is 0.516. The molecular weight excluding hydrogens is 392 g/mol. The van der Waals surface area contributed by atoms with E-state index < -0.39 is 5.91 Å². The van der Waals surface area contributed by atoms with Crippen molar-refractivity contribution in [3.63, 3.8) is 0 Å². The van der Waals surface area contributed by atoms with Crippen LogP contribution in [0.15, 0.2) is 87.2 Å². The molecule has 1 amide bonds. The third-order valence-corrected chi connectivity index (χ3v) is 5.08. The molecule has 1 heterocycles. The summed E-state index contributed by atoms with van der Waals surface area (Å²) in [5.74, 6) is -0.697. The molecule has 4 rings (SSSR count). The molecule has 0 atom stereocenters. The topological polar surface area (TPSA) is 95.6 Å². The summed E-state index contributed by atoms with van der Waals surface area (Å²) in [5, 5.41) is 23.4. The number of carbonyl (C=O) groups excluding carboxylic acids is 1. The van der Waals surface area contributed by atoms with Crippen LogP contribution in [-0.2, 0) is 4.74 Å². The number of anilines is 1. The number of aromatic hydroxyl groups is 1. The Labute approximate surface area is 179 Å². The number of aliphatic imine (C=N–C) groups is 1. The van der Waals surface area contributed by atoms with Crippen LogP contribution in [0.1, 0.15) is 30.6 Å². The van der Waals surface area contributed by atoms with Gasteiger partial charge >= 0.3 is 6.02 Å². The van der Waals surface area contributed by atoms with Crippen molar-refractivity contribution in [3.8, 4) is 5.75 Å². The summed E-state index contributed by atoms with van der Waals surface area (Å²) in [6.07, 6.45) is 0.851. The number of phenolic OH excluding ortho intramolecular Hbond substituents is 1. The number of hydrogen-bond acceptors (Lipinski definition) is 6. The van der Waals surface area contributed by atoms with Gasteiger partial charge in [-0.15, -0.1) is 5.11 Å². The summed E-state index contributed by atoms with van der Waals surface area (Å²) in [5.41, 5.74) is 2.87. The van der Waals surface area contributed by atoms with Crippen LogP contribution < -0.4 is 5.32 Å².